The zero-order chi connectivity index (χ0) is 13.8. The minimum Gasteiger partial charge on any atom is -0.448 e. The predicted octanol–water partition coefficient (Wildman–Crippen LogP) is 1.68. The van der Waals surface area contributed by atoms with Crippen LogP contribution in [0.4, 0.5) is 4.79 Å². The van der Waals surface area contributed by atoms with Crippen LogP contribution >= 0.6 is 0 Å². The van der Waals surface area contributed by atoms with E-state index in [4.69, 9.17) is 4.74 Å². The predicted molar refractivity (Wildman–Crippen MR) is 77.7 cm³/mol. The summed E-state index contributed by atoms with van der Waals surface area (Å²) in [6.45, 7) is 4.23. The lowest BCUT2D eigenvalue weighted by atomic mass is 10.2. The molecule has 1 aromatic heterocycles. The van der Waals surface area contributed by atoms with Gasteiger partial charge in [-0.25, -0.2) is 4.79 Å². The van der Waals surface area contributed by atoms with Crippen molar-refractivity contribution in [2.45, 2.75) is 6.54 Å². The number of aromatic nitrogens is 1. The lowest BCUT2D eigenvalue weighted by Crippen LogP contribution is -2.46. The van der Waals surface area contributed by atoms with Gasteiger partial charge in [-0.15, -0.1) is 0 Å². The monoisotopic (exact) mass is 273 g/mol. The van der Waals surface area contributed by atoms with Crippen molar-refractivity contribution in [1.82, 2.24) is 14.8 Å². The first-order chi connectivity index (χ1) is 9.84. The molecule has 1 aromatic carbocycles. The summed E-state index contributed by atoms with van der Waals surface area (Å²) in [6.07, 6.45) is 1.83. The molecule has 1 fully saturated rings. The largest absolute Gasteiger partial charge is 0.448 e. The second-order valence-corrected chi connectivity index (χ2v) is 4.92. The summed E-state index contributed by atoms with van der Waals surface area (Å²) < 4.78 is 7.45. The van der Waals surface area contributed by atoms with Gasteiger partial charge in [-0.05, 0) is 17.5 Å². The molecular weight excluding hydrogens is 254 g/mol. The summed E-state index contributed by atoms with van der Waals surface area (Å²) in [4.78, 5) is 13.6. The van der Waals surface area contributed by atoms with Crippen molar-refractivity contribution >= 4 is 17.0 Å². The van der Waals surface area contributed by atoms with E-state index in [-0.39, 0.29) is 6.09 Å². The first kappa shape index (κ1) is 13.0. The smallest absolute Gasteiger partial charge is 0.409 e. The molecule has 1 aliphatic rings. The number of nitrogens with zero attached hydrogens (tertiary/aromatic N) is 2. The molecule has 2 aromatic rings. The number of piperazine rings is 1. The van der Waals surface area contributed by atoms with Gasteiger partial charge in [-0.3, -0.25) is 0 Å². The first-order valence-corrected chi connectivity index (χ1v) is 7.01. The number of hydrogen-bond acceptors (Lipinski definition) is 3. The van der Waals surface area contributed by atoms with E-state index in [0.29, 0.717) is 13.2 Å². The average molecular weight is 273 g/mol. The Kier molecular flexibility index (Phi) is 3.87. The Labute approximate surface area is 118 Å². The highest BCUT2D eigenvalue weighted by Crippen LogP contribution is 2.14. The van der Waals surface area contributed by atoms with Crippen molar-refractivity contribution in [3.05, 3.63) is 36.5 Å². The van der Waals surface area contributed by atoms with Gasteiger partial charge in [0, 0.05) is 37.9 Å². The second kappa shape index (κ2) is 5.96. The van der Waals surface area contributed by atoms with E-state index in [1.165, 1.54) is 10.9 Å². The Hall–Kier alpha value is -2.01. The highest BCUT2D eigenvalue weighted by Gasteiger charge is 2.16. The minimum absolute atomic E-state index is 0.206. The standard InChI is InChI=1S/C15H19N3O2/c19-15(18-9-6-16-7-10-18)20-12-11-17-8-5-13-3-1-2-4-14(13)17/h1-5,8,16H,6-7,9-12H2. The summed E-state index contributed by atoms with van der Waals surface area (Å²) >= 11 is 0. The summed E-state index contributed by atoms with van der Waals surface area (Å²) in [6, 6.07) is 10.3. The molecule has 0 radical (unpaired) electrons. The SMILES string of the molecule is O=C(OCCn1ccc2ccccc21)N1CCNCC1. The van der Waals surface area contributed by atoms with Crippen LogP contribution in [0.25, 0.3) is 10.9 Å². The quantitative estimate of drug-likeness (QED) is 0.925. The number of rotatable bonds is 3. The van der Waals surface area contributed by atoms with Crippen molar-refractivity contribution in [2.24, 2.45) is 0 Å². The first-order valence-electron chi connectivity index (χ1n) is 7.01. The second-order valence-electron chi connectivity index (χ2n) is 4.92. The molecule has 2 heterocycles. The lowest BCUT2D eigenvalue weighted by molar-refractivity contribution is 0.0950. The van der Waals surface area contributed by atoms with E-state index >= 15 is 0 Å². The van der Waals surface area contributed by atoms with Crippen LogP contribution in [-0.2, 0) is 11.3 Å². The fourth-order valence-corrected chi connectivity index (χ4v) is 2.51. The number of nitrogens with one attached hydrogen (secondary N) is 1. The molecule has 20 heavy (non-hydrogen) atoms. The van der Waals surface area contributed by atoms with Gasteiger partial charge in [-0.2, -0.15) is 0 Å². The maximum atomic E-state index is 11.9. The molecule has 0 aliphatic carbocycles. The van der Waals surface area contributed by atoms with E-state index in [1.807, 2.05) is 18.3 Å². The van der Waals surface area contributed by atoms with Crippen molar-refractivity contribution in [2.75, 3.05) is 32.8 Å². The zero-order valence-corrected chi connectivity index (χ0v) is 11.4. The molecule has 5 heteroatoms. The fourth-order valence-electron chi connectivity index (χ4n) is 2.51. The van der Waals surface area contributed by atoms with E-state index in [9.17, 15) is 4.79 Å². The van der Waals surface area contributed by atoms with Gasteiger partial charge in [-0.1, -0.05) is 18.2 Å². The van der Waals surface area contributed by atoms with Gasteiger partial charge < -0.3 is 19.5 Å². The number of hydrogen-bond donors (Lipinski definition) is 1. The molecule has 1 saturated heterocycles. The number of carbonyl (C=O) groups is 1. The summed E-state index contributed by atoms with van der Waals surface area (Å²) in [7, 11) is 0. The third-order valence-corrected chi connectivity index (χ3v) is 3.61. The Morgan fingerprint density at radius 2 is 2.00 bits per heavy atom. The number of ether oxygens (including phenoxy) is 1. The Balaban J connectivity index is 1.53. The molecule has 0 spiro atoms. The molecule has 5 nitrogen and oxygen atoms in total. The van der Waals surface area contributed by atoms with E-state index < -0.39 is 0 Å². The fraction of sp³-hybridized carbons (Fsp3) is 0.400. The van der Waals surface area contributed by atoms with Gasteiger partial charge in [0.2, 0.25) is 0 Å². The van der Waals surface area contributed by atoms with Gasteiger partial charge in [0.05, 0.1) is 6.54 Å². The number of fused-ring (bicyclic) bond motifs is 1. The summed E-state index contributed by atoms with van der Waals surface area (Å²) in [5, 5.41) is 4.42. The van der Waals surface area contributed by atoms with E-state index in [2.05, 4.69) is 28.1 Å². The van der Waals surface area contributed by atoms with Gasteiger partial charge in [0.1, 0.15) is 6.61 Å². The highest BCUT2D eigenvalue weighted by molar-refractivity contribution is 5.79. The molecule has 0 unspecified atom stereocenters. The number of carbonyl (C=O) groups excluding carboxylic acids is 1. The Bertz CT molecular complexity index is 588. The van der Waals surface area contributed by atoms with Crippen molar-refractivity contribution in [3.63, 3.8) is 0 Å². The maximum absolute atomic E-state index is 11.9. The van der Waals surface area contributed by atoms with Crippen LogP contribution in [0.3, 0.4) is 0 Å². The molecule has 1 N–H and O–H groups in total. The number of para-hydroxylation sites is 1. The number of amides is 1. The highest BCUT2D eigenvalue weighted by atomic mass is 16.6. The normalized spacial score (nSPS) is 15.5. The Morgan fingerprint density at radius 1 is 1.20 bits per heavy atom. The van der Waals surface area contributed by atoms with Crippen LogP contribution in [0, 0.1) is 0 Å². The molecule has 106 valence electrons. The lowest BCUT2D eigenvalue weighted by Gasteiger charge is -2.26. The van der Waals surface area contributed by atoms with Gasteiger partial charge >= 0.3 is 6.09 Å². The third kappa shape index (κ3) is 2.77. The van der Waals surface area contributed by atoms with Crippen LogP contribution in [0.5, 0.6) is 0 Å². The Morgan fingerprint density at radius 3 is 2.85 bits per heavy atom. The maximum Gasteiger partial charge on any atom is 0.409 e. The number of benzene rings is 1. The zero-order valence-electron chi connectivity index (χ0n) is 11.4. The van der Waals surface area contributed by atoms with Crippen LogP contribution in [-0.4, -0.2) is 48.3 Å². The molecule has 1 aliphatic heterocycles. The van der Waals surface area contributed by atoms with Gasteiger partial charge in [0.25, 0.3) is 0 Å². The third-order valence-electron chi connectivity index (χ3n) is 3.61. The van der Waals surface area contributed by atoms with E-state index in [1.54, 1.807) is 4.90 Å². The van der Waals surface area contributed by atoms with E-state index in [0.717, 1.165) is 26.2 Å². The molecule has 3 rings (SSSR count). The van der Waals surface area contributed by atoms with Crippen molar-refractivity contribution < 1.29 is 9.53 Å². The minimum atomic E-state index is -0.206. The molecule has 0 atom stereocenters. The molecule has 0 bridgehead atoms. The van der Waals surface area contributed by atoms with Crippen LogP contribution in [0.1, 0.15) is 0 Å². The van der Waals surface area contributed by atoms with Gasteiger partial charge in [0.15, 0.2) is 0 Å². The topological polar surface area (TPSA) is 46.5 Å². The van der Waals surface area contributed by atoms with Crippen LogP contribution < -0.4 is 5.32 Å². The summed E-state index contributed by atoms with van der Waals surface area (Å²) in [5.41, 5.74) is 1.17. The van der Waals surface area contributed by atoms with Crippen LogP contribution in [0.15, 0.2) is 36.5 Å². The van der Waals surface area contributed by atoms with Crippen molar-refractivity contribution in [1.29, 1.82) is 0 Å². The van der Waals surface area contributed by atoms with Crippen LogP contribution in [0.2, 0.25) is 0 Å². The van der Waals surface area contributed by atoms with Crippen molar-refractivity contribution in [3.8, 4) is 0 Å². The summed E-state index contributed by atoms with van der Waals surface area (Å²) in [5.74, 6) is 0. The average Bonchev–Trinajstić information content (AvgIpc) is 2.92. The molecule has 1 amide bonds. The molecule has 0 saturated carbocycles. The molecular formula is C15H19N3O2.